The normalized spacial score (nSPS) is 12.7. The van der Waals surface area contributed by atoms with Crippen LogP contribution in [-0.4, -0.2) is 14.6 Å². The molecule has 0 N–H and O–H groups in total. The van der Waals surface area contributed by atoms with E-state index in [0.29, 0.717) is 11.1 Å². The summed E-state index contributed by atoms with van der Waals surface area (Å²) in [6, 6.07) is 39.4. The summed E-state index contributed by atoms with van der Waals surface area (Å²) in [6.45, 7) is 4.81. The van der Waals surface area contributed by atoms with Crippen LogP contribution in [0.15, 0.2) is 120 Å². The number of hydrogen-bond donors (Lipinski definition) is 0. The Bertz CT molecular complexity index is 2080. The van der Waals surface area contributed by atoms with Crippen LogP contribution >= 0.6 is 6.83 Å². The Morgan fingerprint density at radius 1 is 0.354 bits per heavy atom. The quantitative estimate of drug-likeness (QED) is 0.0305. The SMILES string of the molecule is CCCCCCCCCCc1c(CCCCCCCCCC)c(S(=O)(=O)OP(CC)(c2ccccc2)(c2ccccc2)c2ccccc2)c2ccccc2c1CCCCCCCCCC. The molecule has 0 saturated carbocycles. The topological polar surface area (TPSA) is 43.4 Å². The molecule has 0 unspecified atom stereocenters. The zero-order valence-electron chi connectivity index (χ0n) is 41.3. The molecule has 0 atom stereocenters. The van der Waals surface area contributed by atoms with E-state index in [2.05, 4.69) is 82.3 Å². The Balaban J connectivity index is 1.69. The molecule has 5 heteroatoms. The molecule has 5 aromatic rings. The monoisotopic (exact) mass is 919 g/mol. The second-order valence-corrected chi connectivity index (χ2v) is 25.6. The minimum absolute atomic E-state index is 0.426. The van der Waals surface area contributed by atoms with Crippen molar-refractivity contribution < 1.29 is 12.4 Å². The Labute approximate surface area is 398 Å². The molecule has 0 radical (unpaired) electrons. The first-order chi connectivity index (χ1) is 31.9. The molecule has 0 aromatic heterocycles. The zero-order chi connectivity index (χ0) is 46.1. The second kappa shape index (κ2) is 28.1. The van der Waals surface area contributed by atoms with Crippen LogP contribution in [0.3, 0.4) is 0 Å². The predicted molar refractivity (Wildman–Crippen MR) is 287 cm³/mol. The maximum atomic E-state index is 16.4. The molecule has 0 aliphatic rings. The van der Waals surface area contributed by atoms with Gasteiger partial charge in [-0.3, -0.25) is 0 Å². The summed E-state index contributed by atoms with van der Waals surface area (Å²) in [5.41, 5.74) is 3.73. The Morgan fingerprint density at radius 3 is 1.03 bits per heavy atom. The molecule has 65 heavy (non-hydrogen) atoms. The van der Waals surface area contributed by atoms with Gasteiger partial charge in [-0.05, 0) is 0 Å². The van der Waals surface area contributed by atoms with E-state index in [0.717, 1.165) is 77.2 Å². The summed E-state index contributed by atoms with van der Waals surface area (Å²) >= 11 is 0. The second-order valence-electron chi connectivity index (χ2n) is 19.0. The van der Waals surface area contributed by atoms with Crippen molar-refractivity contribution in [3.63, 3.8) is 0 Å². The van der Waals surface area contributed by atoms with E-state index in [9.17, 15) is 0 Å². The number of benzene rings is 5. The van der Waals surface area contributed by atoms with Crippen molar-refractivity contribution in [1.82, 2.24) is 0 Å². The number of fused-ring (bicyclic) bond motifs is 1. The maximum absolute atomic E-state index is 16.4. The Hall–Kier alpha value is -3.30. The first-order valence-electron chi connectivity index (χ1n) is 26.6. The first-order valence-corrected chi connectivity index (χ1v) is 30.3. The van der Waals surface area contributed by atoms with Gasteiger partial charge in [0.1, 0.15) is 0 Å². The number of unbranched alkanes of at least 4 members (excludes halogenated alkanes) is 21. The standard InChI is InChI=1S/C60H87O3PS/c1-5-9-12-15-18-21-24-36-47-55-56(48-37-25-22-19-16-13-10-6-2)58(50-38-26-23-20-17-14-11-7-3)60(59-51-40-39-49-57(55)59)65(61,62)63-64(8-4,52-41-30-27-31-42-52,53-43-32-28-33-44-53)54-45-34-29-35-46-54/h27-35,39-46,49,51H,5-26,36-38,47-48,50H2,1-4H3. The Kier molecular flexibility index (Phi) is 22.8. The molecule has 356 valence electrons. The minimum atomic E-state index is -4.42. The minimum Gasteiger partial charge on any atom is -0.0654 e. The zero-order valence-corrected chi connectivity index (χ0v) is 43.1. The molecular weight excluding hydrogens is 832 g/mol. The first kappa shape index (κ1) is 52.7. The molecule has 5 aromatic carbocycles. The van der Waals surface area contributed by atoms with Crippen LogP contribution in [0, 0.1) is 0 Å². The van der Waals surface area contributed by atoms with Gasteiger partial charge in [0.2, 0.25) is 0 Å². The van der Waals surface area contributed by atoms with E-state index >= 15 is 8.42 Å². The van der Waals surface area contributed by atoms with E-state index in [1.807, 2.05) is 60.7 Å². The number of rotatable bonds is 34. The van der Waals surface area contributed by atoms with E-state index < -0.39 is 16.9 Å². The van der Waals surface area contributed by atoms with Crippen molar-refractivity contribution in [3.8, 4) is 0 Å². The average molecular weight is 919 g/mol. The summed E-state index contributed by atoms with van der Waals surface area (Å²) in [5, 5.41) is 4.73. The third-order valence-corrected chi connectivity index (χ3v) is 22.8. The van der Waals surface area contributed by atoms with Crippen molar-refractivity contribution in [1.29, 1.82) is 0 Å². The van der Waals surface area contributed by atoms with Crippen LogP contribution in [0.4, 0.5) is 0 Å². The fraction of sp³-hybridized carbons (Fsp3) is 0.533. The van der Waals surface area contributed by atoms with E-state index in [4.69, 9.17) is 3.97 Å². The van der Waals surface area contributed by atoms with E-state index in [-0.39, 0.29) is 0 Å². The summed E-state index contributed by atoms with van der Waals surface area (Å²) < 4.78 is 40.3. The molecule has 0 bridgehead atoms. The predicted octanol–water partition coefficient (Wildman–Crippen LogP) is 17.1. The molecule has 0 fully saturated rings. The molecular formula is C60H87O3PS. The molecule has 5 rings (SSSR count). The van der Waals surface area contributed by atoms with Gasteiger partial charge in [-0.2, -0.15) is 0 Å². The molecule has 0 amide bonds. The van der Waals surface area contributed by atoms with Crippen LogP contribution < -0.4 is 15.9 Å². The van der Waals surface area contributed by atoms with E-state index in [1.165, 1.54) is 140 Å². The third-order valence-electron chi connectivity index (χ3n) is 14.4. The number of aryl methyl sites for hydroxylation is 1. The van der Waals surface area contributed by atoms with Crippen molar-refractivity contribution in [2.45, 2.75) is 206 Å². The Morgan fingerprint density at radius 2 is 0.662 bits per heavy atom. The van der Waals surface area contributed by atoms with Crippen LogP contribution in [0.5, 0.6) is 0 Å². The summed E-state index contributed by atoms with van der Waals surface area (Å²) in [6.07, 6.45) is 33.0. The van der Waals surface area contributed by atoms with Crippen LogP contribution in [0.1, 0.15) is 198 Å². The molecule has 3 nitrogen and oxygen atoms in total. The van der Waals surface area contributed by atoms with Gasteiger partial charge in [0, 0.05) is 0 Å². The molecule has 0 aliphatic carbocycles. The van der Waals surface area contributed by atoms with Gasteiger partial charge in [0.05, 0.1) is 0 Å². The fourth-order valence-electron chi connectivity index (χ4n) is 10.7. The van der Waals surface area contributed by atoms with Gasteiger partial charge < -0.3 is 0 Å². The van der Waals surface area contributed by atoms with Gasteiger partial charge in [-0.25, -0.2) is 0 Å². The van der Waals surface area contributed by atoms with Gasteiger partial charge in [0.25, 0.3) is 0 Å². The summed E-state index contributed by atoms with van der Waals surface area (Å²) in [4.78, 5) is 0.426. The van der Waals surface area contributed by atoms with Gasteiger partial charge in [-0.1, -0.05) is 59.3 Å². The van der Waals surface area contributed by atoms with Gasteiger partial charge in [-0.15, -0.1) is 0 Å². The summed E-state index contributed by atoms with van der Waals surface area (Å²) in [5.74, 6) is 0. The molecule has 0 spiro atoms. The van der Waals surface area contributed by atoms with Crippen LogP contribution in [0.2, 0.25) is 0 Å². The van der Waals surface area contributed by atoms with E-state index in [1.54, 1.807) is 0 Å². The smallest absolute Gasteiger partial charge is 0.0654 e. The molecule has 0 heterocycles. The van der Waals surface area contributed by atoms with Crippen LogP contribution in [0.25, 0.3) is 10.8 Å². The number of hydrogen-bond acceptors (Lipinski definition) is 3. The molecule has 0 aliphatic heterocycles. The van der Waals surface area contributed by atoms with Crippen LogP contribution in [-0.2, 0) is 33.4 Å². The van der Waals surface area contributed by atoms with Crippen molar-refractivity contribution >= 4 is 43.6 Å². The van der Waals surface area contributed by atoms with Crippen molar-refractivity contribution in [3.05, 3.63) is 132 Å². The summed E-state index contributed by atoms with van der Waals surface area (Å²) in [7, 11) is -4.42. The van der Waals surface area contributed by atoms with Crippen molar-refractivity contribution in [2.24, 2.45) is 0 Å². The van der Waals surface area contributed by atoms with Gasteiger partial charge in [0.15, 0.2) is 0 Å². The van der Waals surface area contributed by atoms with Crippen molar-refractivity contribution in [2.75, 3.05) is 6.16 Å². The van der Waals surface area contributed by atoms with Gasteiger partial charge >= 0.3 is 341 Å². The fourth-order valence-corrected chi connectivity index (χ4v) is 19.6. The molecule has 0 saturated heterocycles. The average Bonchev–Trinajstić information content (AvgIpc) is 3.34. The third kappa shape index (κ3) is 13.9.